The summed E-state index contributed by atoms with van der Waals surface area (Å²) >= 11 is 0. The number of amides is 1. The number of carbonyl (C=O) groups is 1. The van der Waals surface area contributed by atoms with Crippen LogP contribution in [0.5, 0.6) is 0 Å². The van der Waals surface area contributed by atoms with Gasteiger partial charge < -0.3 is 15.7 Å². The van der Waals surface area contributed by atoms with Crippen LogP contribution in [0.2, 0.25) is 0 Å². The monoisotopic (exact) mass is 262 g/mol. The molecule has 0 spiro atoms. The van der Waals surface area contributed by atoms with Crippen molar-refractivity contribution in [2.75, 3.05) is 13.2 Å². The number of aliphatic hydroxyl groups is 1. The Bertz CT molecular complexity index is 421. The van der Waals surface area contributed by atoms with Gasteiger partial charge in [-0.2, -0.15) is 0 Å². The van der Waals surface area contributed by atoms with Crippen LogP contribution in [0.3, 0.4) is 0 Å². The fraction of sp³-hybridized carbons (Fsp3) is 0.533. The van der Waals surface area contributed by atoms with Crippen molar-refractivity contribution in [3.8, 4) is 0 Å². The molecule has 104 valence electrons. The number of rotatable bonds is 4. The van der Waals surface area contributed by atoms with Crippen molar-refractivity contribution in [2.45, 2.75) is 31.8 Å². The molecule has 0 aliphatic carbocycles. The van der Waals surface area contributed by atoms with Crippen molar-refractivity contribution in [3.63, 3.8) is 0 Å². The van der Waals surface area contributed by atoms with Gasteiger partial charge in [-0.3, -0.25) is 4.79 Å². The number of benzene rings is 1. The normalized spacial score (nSPS) is 22.3. The molecule has 3 N–H and O–H groups in total. The van der Waals surface area contributed by atoms with Crippen molar-refractivity contribution in [1.29, 1.82) is 0 Å². The van der Waals surface area contributed by atoms with E-state index in [-0.39, 0.29) is 30.5 Å². The molecule has 1 fully saturated rings. The van der Waals surface area contributed by atoms with Gasteiger partial charge in [-0.1, -0.05) is 37.3 Å². The quantitative estimate of drug-likeness (QED) is 0.859. The minimum absolute atomic E-state index is 0.0297. The van der Waals surface area contributed by atoms with E-state index in [1.807, 2.05) is 37.3 Å². The summed E-state index contributed by atoms with van der Waals surface area (Å²) in [5.41, 5.74) is 7.16. The predicted octanol–water partition coefficient (Wildman–Crippen LogP) is 1.31. The molecule has 1 amide bonds. The van der Waals surface area contributed by atoms with Crippen LogP contribution in [-0.2, 0) is 4.79 Å². The molecule has 19 heavy (non-hydrogen) atoms. The van der Waals surface area contributed by atoms with E-state index in [0.29, 0.717) is 0 Å². The Morgan fingerprint density at radius 3 is 2.79 bits per heavy atom. The zero-order valence-corrected chi connectivity index (χ0v) is 11.3. The smallest absolute Gasteiger partial charge is 0.227 e. The van der Waals surface area contributed by atoms with Gasteiger partial charge in [-0.05, 0) is 18.4 Å². The maximum atomic E-state index is 12.5. The highest BCUT2D eigenvalue weighted by Crippen LogP contribution is 2.25. The van der Waals surface area contributed by atoms with E-state index < -0.39 is 0 Å². The van der Waals surface area contributed by atoms with Gasteiger partial charge in [0.05, 0.1) is 18.6 Å². The third-order valence-corrected chi connectivity index (χ3v) is 3.98. The molecule has 1 saturated heterocycles. The van der Waals surface area contributed by atoms with E-state index in [0.717, 1.165) is 24.9 Å². The highest BCUT2D eigenvalue weighted by Gasteiger charge is 2.33. The predicted molar refractivity (Wildman–Crippen MR) is 74.4 cm³/mol. The Kier molecular flexibility index (Phi) is 4.56. The molecule has 3 unspecified atom stereocenters. The molecule has 1 heterocycles. The first-order valence-corrected chi connectivity index (χ1v) is 6.87. The minimum atomic E-state index is -0.298. The molecular formula is C15H22N2O2. The van der Waals surface area contributed by atoms with Crippen LogP contribution in [0, 0.1) is 5.92 Å². The van der Waals surface area contributed by atoms with Gasteiger partial charge >= 0.3 is 0 Å². The van der Waals surface area contributed by atoms with Gasteiger partial charge in [0.25, 0.3) is 0 Å². The lowest BCUT2D eigenvalue weighted by Gasteiger charge is -2.29. The van der Waals surface area contributed by atoms with Gasteiger partial charge in [0.2, 0.25) is 5.91 Å². The molecule has 0 bridgehead atoms. The highest BCUT2D eigenvalue weighted by atomic mass is 16.3. The highest BCUT2D eigenvalue weighted by molar-refractivity contribution is 5.80. The van der Waals surface area contributed by atoms with Crippen molar-refractivity contribution in [1.82, 2.24) is 4.90 Å². The van der Waals surface area contributed by atoms with Crippen molar-refractivity contribution in [2.24, 2.45) is 11.7 Å². The Morgan fingerprint density at radius 1 is 1.47 bits per heavy atom. The Hall–Kier alpha value is -1.39. The van der Waals surface area contributed by atoms with E-state index in [2.05, 4.69) is 0 Å². The number of aliphatic hydroxyl groups excluding tert-OH is 1. The summed E-state index contributed by atoms with van der Waals surface area (Å²) in [4.78, 5) is 14.2. The number of nitrogens with two attached hydrogens (primary N) is 1. The summed E-state index contributed by atoms with van der Waals surface area (Å²) in [6, 6.07) is 9.36. The van der Waals surface area contributed by atoms with Crippen LogP contribution in [-0.4, -0.2) is 35.1 Å². The van der Waals surface area contributed by atoms with E-state index in [1.165, 1.54) is 0 Å². The molecule has 2 rings (SSSR count). The van der Waals surface area contributed by atoms with E-state index >= 15 is 0 Å². The van der Waals surface area contributed by atoms with Crippen LogP contribution >= 0.6 is 0 Å². The van der Waals surface area contributed by atoms with Crippen molar-refractivity contribution in [3.05, 3.63) is 35.9 Å². The fourth-order valence-corrected chi connectivity index (χ4v) is 2.69. The lowest BCUT2D eigenvalue weighted by atomic mass is 9.94. The molecule has 1 aromatic rings. The topological polar surface area (TPSA) is 66.6 Å². The van der Waals surface area contributed by atoms with Crippen LogP contribution in [0.4, 0.5) is 0 Å². The standard InChI is InChI=1S/C15H22N2O2/c1-11(14(16)12-6-3-2-4-7-12)15(19)17-9-5-8-13(17)10-18/h2-4,6-7,11,13-14,18H,5,8-10,16H2,1H3. The zero-order chi connectivity index (χ0) is 13.8. The maximum absolute atomic E-state index is 12.5. The van der Waals surface area contributed by atoms with Crippen molar-refractivity contribution < 1.29 is 9.90 Å². The summed E-state index contributed by atoms with van der Waals surface area (Å²) in [6.45, 7) is 2.64. The van der Waals surface area contributed by atoms with Gasteiger partial charge in [-0.15, -0.1) is 0 Å². The average molecular weight is 262 g/mol. The third-order valence-electron chi connectivity index (χ3n) is 3.98. The first-order chi connectivity index (χ1) is 9.15. The summed E-state index contributed by atoms with van der Waals surface area (Å²) < 4.78 is 0. The van der Waals surface area contributed by atoms with Gasteiger partial charge in [0.15, 0.2) is 0 Å². The summed E-state index contributed by atoms with van der Waals surface area (Å²) in [5, 5.41) is 9.30. The fourth-order valence-electron chi connectivity index (χ4n) is 2.69. The Balaban J connectivity index is 2.06. The second-order valence-corrected chi connectivity index (χ2v) is 5.24. The number of nitrogens with zero attached hydrogens (tertiary/aromatic N) is 1. The van der Waals surface area contributed by atoms with Gasteiger partial charge in [-0.25, -0.2) is 0 Å². The largest absolute Gasteiger partial charge is 0.394 e. The van der Waals surface area contributed by atoms with Crippen LogP contribution in [0.1, 0.15) is 31.4 Å². The van der Waals surface area contributed by atoms with Crippen LogP contribution in [0.15, 0.2) is 30.3 Å². The molecule has 1 aliphatic rings. The summed E-state index contributed by atoms with van der Waals surface area (Å²) in [6.07, 6.45) is 1.85. The maximum Gasteiger partial charge on any atom is 0.227 e. The van der Waals surface area contributed by atoms with Crippen molar-refractivity contribution >= 4 is 5.91 Å². The SMILES string of the molecule is CC(C(=O)N1CCCC1CO)C(N)c1ccccc1. The molecule has 4 heteroatoms. The molecule has 0 saturated carbocycles. The lowest BCUT2D eigenvalue weighted by molar-refractivity contribution is -0.137. The minimum Gasteiger partial charge on any atom is -0.394 e. The Morgan fingerprint density at radius 2 is 2.16 bits per heavy atom. The molecule has 3 atom stereocenters. The third kappa shape index (κ3) is 2.96. The summed E-state index contributed by atoms with van der Waals surface area (Å²) in [7, 11) is 0. The first kappa shape index (κ1) is 14.0. The van der Waals surface area contributed by atoms with Gasteiger partial charge in [0.1, 0.15) is 0 Å². The first-order valence-electron chi connectivity index (χ1n) is 6.87. The number of likely N-dealkylation sites (tertiary alicyclic amines) is 1. The molecule has 0 aromatic heterocycles. The zero-order valence-electron chi connectivity index (χ0n) is 11.3. The lowest BCUT2D eigenvalue weighted by Crippen LogP contribution is -2.43. The van der Waals surface area contributed by atoms with Crippen LogP contribution in [0.25, 0.3) is 0 Å². The second kappa shape index (κ2) is 6.17. The molecular weight excluding hydrogens is 240 g/mol. The number of hydrogen-bond donors (Lipinski definition) is 2. The average Bonchev–Trinajstić information content (AvgIpc) is 2.94. The molecule has 1 aliphatic heterocycles. The Labute approximate surface area is 114 Å². The summed E-state index contributed by atoms with van der Waals surface area (Å²) in [5.74, 6) is -0.220. The number of carbonyl (C=O) groups excluding carboxylic acids is 1. The number of hydrogen-bond acceptors (Lipinski definition) is 3. The molecule has 0 radical (unpaired) electrons. The molecule has 1 aromatic carbocycles. The molecule has 4 nitrogen and oxygen atoms in total. The van der Waals surface area contributed by atoms with E-state index in [1.54, 1.807) is 4.90 Å². The van der Waals surface area contributed by atoms with Crippen LogP contribution < -0.4 is 5.73 Å². The van der Waals surface area contributed by atoms with E-state index in [4.69, 9.17) is 5.73 Å². The second-order valence-electron chi connectivity index (χ2n) is 5.24. The van der Waals surface area contributed by atoms with E-state index in [9.17, 15) is 9.90 Å². The van der Waals surface area contributed by atoms with Gasteiger partial charge in [0, 0.05) is 12.6 Å².